The molecule has 3 N–H and O–H groups in total. The molecule has 1 saturated heterocycles. The number of aromatic nitrogens is 3. The Morgan fingerprint density at radius 2 is 2.36 bits per heavy atom. The summed E-state index contributed by atoms with van der Waals surface area (Å²) in [6, 6.07) is 0. The SMILES string of the molecule is CCSC(=O)O[C@H]1[C@H](F)[C@H](n2cc(I)c3c(N)ncnc32)O[C@@H]1CO. The molecule has 3 heterocycles. The molecule has 0 saturated carbocycles. The van der Waals surface area contributed by atoms with E-state index >= 15 is 0 Å². The van der Waals surface area contributed by atoms with Crippen molar-refractivity contribution in [3.63, 3.8) is 0 Å². The Balaban J connectivity index is 1.93. The first kappa shape index (κ1) is 18.6. The fourth-order valence-electron chi connectivity index (χ4n) is 2.72. The first-order valence-corrected chi connectivity index (χ1v) is 9.54. The topological polar surface area (TPSA) is 112 Å². The Bertz CT molecular complexity index is 792. The summed E-state index contributed by atoms with van der Waals surface area (Å²) < 4.78 is 28.0. The van der Waals surface area contributed by atoms with E-state index in [1.807, 2.05) is 0 Å². The van der Waals surface area contributed by atoms with Crippen LogP contribution in [0.2, 0.25) is 0 Å². The van der Waals surface area contributed by atoms with Crippen molar-refractivity contribution in [2.45, 2.75) is 31.5 Å². The highest BCUT2D eigenvalue weighted by Crippen LogP contribution is 2.38. The number of ether oxygens (including phenoxy) is 2. The highest BCUT2D eigenvalue weighted by molar-refractivity contribution is 14.1. The standard InChI is InChI=1S/C14H16FIN4O4S/c1-2-25-14(22)24-10-7(4-21)23-13(9(10)15)20-3-6(16)8-11(17)18-5-19-12(8)20/h3,5,7,9-10,13,21H,2,4H2,1H3,(H2,17,18,19)/t7-,9+,10-,13-/m1/s1. The van der Waals surface area contributed by atoms with Crippen molar-refractivity contribution in [2.75, 3.05) is 18.1 Å². The predicted molar refractivity (Wildman–Crippen MR) is 99.0 cm³/mol. The monoisotopic (exact) mass is 482 g/mol. The zero-order chi connectivity index (χ0) is 18.1. The Labute approximate surface area is 160 Å². The molecule has 3 rings (SSSR count). The van der Waals surface area contributed by atoms with Gasteiger partial charge < -0.3 is 24.9 Å². The number of fused-ring (bicyclic) bond motifs is 1. The van der Waals surface area contributed by atoms with Gasteiger partial charge in [0.25, 0.3) is 0 Å². The van der Waals surface area contributed by atoms with E-state index < -0.39 is 36.5 Å². The number of hydrogen-bond acceptors (Lipinski definition) is 8. The second-order valence-corrected chi connectivity index (χ2v) is 7.66. The van der Waals surface area contributed by atoms with Crippen LogP contribution in [0.15, 0.2) is 12.5 Å². The molecule has 0 unspecified atom stereocenters. The van der Waals surface area contributed by atoms with Gasteiger partial charge in [-0.1, -0.05) is 6.92 Å². The maximum atomic E-state index is 15.0. The number of carbonyl (C=O) groups excluding carboxylic acids is 1. The van der Waals surface area contributed by atoms with E-state index in [9.17, 15) is 14.3 Å². The van der Waals surface area contributed by atoms with Gasteiger partial charge in [-0.2, -0.15) is 0 Å². The summed E-state index contributed by atoms with van der Waals surface area (Å²) in [4.78, 5) is 19.8. The molecular formula is C14H16FIN4O4S. The number of halogens is 2. The summed E-state index contributed by atoms with van der Waals surface area (Å²) in [5.41, 5.74) is 6.28. The summed E-state index contributed by atoms with van der Waals surface area (Å²) >= 11 is 2.98. The summed E-state index contributed by atoms with van der Waals surface area (Å²) in [6.07, 6.45) is -1.99. The van der Waals surface area contributed by atoms with E-state index in [1.54, 1.807) is 13.1 Å². The van der Waals surface area contributed by atoms with Crippen LogP contribution < -0.4 is 5.73 Å². The van der Waals surface area contributed by atoms with Crippen LogP contribution in [0.4, 0.5) is 15.0 Å². The smallest absolute Gasteiger partial charge is 0.367 e. The van der Waals surface area contributed by atoms with Crippen molar-refractivity contribution in [3.8, 4) is 0 Å². The molecule has 25 heavy (non-hydrogen) atoms. The minimum absolute atomic E-state index is 0.280. The second kappa shape index (κ2) is 7.60. The van der Waals surface area contributed by atoms with E-state index in [4.69, 9.17) is 15.2 Å². The zero-order valence-corrected chi connectivity index (χ0v) is 16.1. The predicted octanol–water partition coefficient (Wildman–Crippen LogP) is 2.10. The number of aliphatic hydroxyl groups excluding tert-OH is 1. The highest BCUT2D eigenvalue weighted by atomic mass is 127. The normalized spacial score (nSPS) is 26.2. The lowest BCUT2D eigenvalue weighted by Gasteiger charge is -2.18. The lowest BCUT2D eigenvalue weighted by Crippen LogP contribution is -2.35. The average molecular weight is 482 g/mol. The van der Waals surface area contributed by atoms with Crippen LogP contribution in [-0.4, -0.2) is 55.7 Å². The Hall–Kier alpha value is -1.18. The molecule has 0 aromatic carbocycles. The maximum Gasteiger partial charge on any atom is 0.367 e. The molecule has 1 aliphatic rings. The van der Waals surface area contributed by atoms with Crippen LogP contribution in [-0.2, 0) is 9.47 Å². The Morgan fingerprint density at radius 3 is 3.04 bits per heavy atom. The third-order valence-electron chi connectivity index (χ3n) is 3.81. The van der Waals surface area contributed by atoms with Crippen LogP contribution in [0.5, 0.6) is 0 Å². The van der Waals surface area contributed by atoms with E-state index in [0.29, 0.717) is 16.8 Å². The van der Waals surface area contributed by atoms with Gasteiger partial charge in [0.15, 0.2) is 18.5 Å². The molecule has 8 nitrogen and oxygen atoms in total. The molecule has 0 bridgehead atoms. The van der Waals surface area contributed by atoms with Crippen LogP contribution in [0.25, 0.3) is 11.0 Å². The number of rotatable bonds is 4. The van der Waals surface area contributed by atoms with Crippen molar-refractivity contribution in [1.82, 2.24) is 14.5 Å². The Kier molecular flexibility index (Phi) is 5.65. The lowest BCUT2D eigenvalue weighted by atomic mass is 10.1. The second-order valence-electron chi connectivity index (χ2n) is 5.30. The van der Waals surface area contributed by atoms with Gasteiger partial charge >= 0.3 is 5.30 Å². The molecule has 0 spiro atoms. The molecule has 2 aromatic heterocycles. The number of thioether (sulfide) groups is 1. The van der Waals surface area contributed by atoms with Gasteiger partial charge in [0.05, 0.1) is 12.0 Å². The minimum atomic E-state index is -1.67. The van der Waals surface area contributed by atoms with Crippen molar-refractivity contribution >= 4 is 56.5 Å². The molecule has 1 aliphatic heterocycles. The van der Waals surface area contributed by atoms with Gasteiger partial charge in [-0.25, -0.2) is 19.2 Å². The van der Waals surface area contributed by atoms with E-state index in [2.05, 4.69) is 32.6 Å². The molecule has 4 atom stereocenters. The summed E-state index contributed by atoms with van der Waals surface area (Å²) in [7, 11) is 0. The third kappa shape index (κ3) is 3.41. The van der Waals surface area contributed by atoms with Crippen molar-refractivity contribution in [2.24, 2.45) is 0 Å². The number of anilines is 1. The molecular weight excluding hydrogens is 466 g/mol. The highest BCUT2D eigenvalue weighted by Gasteiger charge is 2.49. The quantitative estimate of drug-likeness (QED) is 0.504. The van der Waals surface area contributed by atoms with Crippen LogP contribution in [0.1, 0.15) is 13.2 Å². The summed E-state index contributed by atoms with van der Waals surface area (Å²) in [6.45, 7) is 1.31. The Morgan fingerprint density at radius 1 is 1.60 bits per heavy atom. The van der Waals surface area contributed by atoms with Crippen molar-refractivity contribution in [1.29, 1.82) is 0 Å². The number of hydrogen-bond donors (Lipinski definition) is 2. The van der Waals surface area contributed by atoms with Gasteiger partial charge in [-0.15, -0.1) is 0 Å². The maximum absolute atomic E-state index is 15.0. The van der Waals surface area contributed by atoms with Gasteiger partial charge in [0, 0.05) is 15.5 Å². The molecule has 1 fully saturated rings. The molecule has 0 aliphatic carbocycles. The largest absolute Gasteiger partial charge is 0.448 e. The van der Waals surface area contributed by atoms with E-state index in [-0.39, 0.29) is 5.82 Å². The number of aliphatic hydroxyl groups is 1. The first-order chi connectivity index (χ1) is 12.0. The molecule has 136 valence electrons. The zero-order valence-electron chi connectivity index (χ0n) is 13.1. The fraction of sp³-hybridized carbons (Fsp3) is 0.500. The number of nitrogen functional groups attached to an aromatic ring is 1. The summed E-state index contributed by atoms with van der Waals surface area (Å²) in [5, 5.41) is 9.48. The average Bonchev–Trinajstić information content (AvgIpc) is 3.07. The minimum Gasteiger partial charge on any atom is -0.448 e. The van der Waals surface area contributed by atoms with Crippen LogP contribution in [0, 0.1) is 3.57 Å². The summed E-state index contributed by atoms with van der Waals surface area (Å²) in [5.74, 6) is 0.787. The number of alkyl halides is 1. The van der Waals surface area contributed by atoms with Crippen LogP contribution in [0.3, 0.4) is 0 Å². The molecule has 0 radical (unpaired) electrons. The van der Waals surface area contributed by atoms with Gasteiger partial charge in [0.2, 0.25) is 0 Å². The fourth-order valence-corrected chi connectivity index (χ4v) is 3.96. The number of nitrogens with two attached hydrogens (primary N) is 1. The third-order valence-corrected chi connectivity index (χ3v) is 5.25. The molecule has 2 aromatic rings. The van der Waals surface area contributed by atoms with Crippen molar-refractivity contribution in [3.05, 3.63) is 16.1 Å². The van der Waals surface area contributed by atoms with E-state index in [1.165, 1.54) is 10.9 Å². The van der Waals surface area contributed by atoms with Gasteiger partial charge in [0.1, 0.15) is 23.9 Å². The molecule has 0 amide bonds. The van der Waals surface area contributed by atoms with Crippen molar-refractivity contribution < 1.29 is 23.8 Å². The van der Waals surface area contributed by atoms with Gasteiger partial charge in [-0.05, 0) is 34.4 Å². The lowest BCUT2D eigenvalue weighted by molar-refractivity contribution is -0.0459. The number of carbonyl (C=O) groups is 1. The van der Waals surface area contributed by atoms with Gasteiger partial charge in [-0.3, -0.25) is 0 Å². The van der Waals surface area contributed by atoms with E-state index in [0.717, 1.165) is 15.3 Å². The van der Waals surface area contributed by atoms with Crippen LogP contribution >= 0.6 is 34.4 Å². The first-order valence-electron chi connectivity index (χ1n) is 7.48. The molecule has 11 heteroatoms. The number of nitrogens with zero attached hydrogens (tertiary/aromatic N) is 3.